The first-order valence-corrected chi connectivity index (χ1v) is 6.32. The summed E-state index contributed by atoms with van der Waals surface area (Å²) in [6.07, 6.45) is -0.809. The lowest BCUT2D eigenvalue weighted by molar-refractivity contribution is -0.141. The van der Waals surface area contributed by atoms with Crippen molar-refractivity contribution < 1.29 is 18.7 Å². The van der Waals surface area contributed by atoms with E-state index in [4.69, 9.17) is 21.1 Å². The Hall–Kier alpha value is -2.07. The molecule has 104 valence electrons. The third kappa shape index (κ3) is 3.96. The molecule has 0 saturated heterocycles. The van der Waals surface area contributed by atoms with Crippen molar-refractivity contribution in [2.75, 3.05) is 0 Å². The molecule has 0 saturated carbocycles. The van der Waals surface area contributed by atoms with Crippen LogP contribution >= 0.6 is 11.6 Å². The standard InChI is InChI=1S/C15H12ClFO3/c1-10(19-13-8-4-12(17)5-9-13)15(18)20-14-6-2-11(16)3-7-14/h2-10H,1H3. The van der Waals surface area contributed by atoms with E-state index >= 15 is 0 Å². The van der Waals surface area contributed by atoms with Crippen LogP contribution in [0.15, 0.2) is 48.5 Å². The summed E-state index contributed by atoms with van der Waals surface area (Å²) in [5.74, 6) is -0.133. The lowest BCUT2D eigenvalue weighted by Gasteiger charge is -2.13. The number of hydrogen-bond acceptors (Lipinski definition) is 3. The molecule has 0 spiro atoms. The maximum Gasteiger partial charge on any atom is 0.352 e. The molecular formula is C15H12ClFO3. The molecule has 20 heavy (non-hydrogen) atoms. The molecule has 0 heterocycles. The number of hydrogen-bond donors (Lipinski definition) is 0. The van der Waals surface area contributed by atoms with Gasteiger partial charge in [0.15, 0.2) is 6.10 Å². The molecule has 0 bridgehead atoms. The molecule has 2 aromatic carbocycles. The van der Waals surface area contributed by atoms with Crippen LogP contribution in [0, 0.1) is 5.82 Å². The van der Waals surface area contributed by atoms with Crippen LogP contribution < -0.4 is 9.47 Å². The topological polar surface area (TPSA) is 35.5 Å². The van der Waals surface area contributed by atoms with Gasteiger partial charge in [0.2, 0.25) is 0 Å². The van der Waals surface area contributed by atoms with E-state index in [1.165, 1.54) is 24.3 Å². The van der Waals surface area contributed by atoms with E-state index in [-0.39, 0.29) is 5.82 Å². The summed E-state index contributed by atoms with van der Waals surface area (Å²) >= 11 is 5.74. The molecule has 0 aliphatic carbocycles. The maximum atomic E-state index is 12.7. The number of ether oxygens (including phenoxy) is 2. The van der Waals surface area contributed by atoms with Gasteiger partial charge in [0.25, 0.3) is 0 Å². The third-order valence-electron chi connectivity index (χ3n) is 2.49. The third-order valence-corrected chi connectivity index (χ3v) is 2.74. The van der Waals surface area contributed by atoms with Crippen molar-refractivity contribution in [2.24, 2.45) is 0 Å². The molecule has 0 aromatic heterocycles. The van der Waals surface area contributed by atoms with Gasteiger partial charge in [0.1, 0.15) is 17.3 Å². The number of halogens is 2. The highest BCUT2D eigenvalue weighted by molar-refractivity contribution is 6.30. The second-order valence-electron chi connectivity index (χ2n) is 4.09. The molecule has 0 aliphatic heterocycles. The Labute approximate surface area is 120 Å². The van der Waals surface area contributed by atoms with Gasteiger partial charge in [-0.15, -0.1) is 0 Å². The minimum Gasteiger partial charge on any atom is -0.479 e. The molecule has 0 radical (unpaired) electrons. The van der Waals surface area contributed by atoms with E-state index in [1.807, 2.05) is 0 Å². The first-order valence-electron chi connectivity index (χ1n) is 5.94. The Kier molecular flexibility index (Phi) is 4.58. The Balaban J connectivity index is 1.94. The van der Waals surface area contributed by atoms with E-state index in [9.17, 15) is 9.18 Å². The molecular weight excluding hydrogens is 283 g/mol. The fourth-order valence-corrected chi connectivity index (χ4v) is 1.59. The quantitative estimate of drug-likeness (QED) is 0.634. The Morgan fingerprint density at radius 2 is 1.60 bits per heavy atom. The summed E-state index contributed by atoms with van der Waals surface area (Å²) in [7, 11) is 0. The van der Waals surface area contributed by atoms with E-state index in [0.717, 1.165) is 0 Å². The van der Waals surface area contributed by atoms with E-state index in [2.05, 4.69) is 0 Å². The Morgan fingerprint density at radius 3 is 2.20 bits per heavy atom. The van der Waals surface area contributed by atoms with E-state index < -0.39 is 12.1 Å². The van der Waals surface area contributed by atoms with Gasteiger partial charge in [-0.2, -0.15) is 0 Å². The Morgan fingerprint density at radius 1 is 1.05 bits per heavy atom. The second-order valence-corrected chi connectivity index (χ2v) is 4.53. The lowest BCUT2D eigenvalue weighted by Crippen LogP contribution is -2.28. The summed E-state index contributed by atoms with van der Waals surface area (Å²) < 4.78 is 23.2. The van der Waals surface area contributed by atoms with Gasteiger partial charge >= 0.3 is 5.97 Å². The van der Waals surface area contributed by atoms with Gasteiger partial charge in [-0.1, -0.05) is 11.6 Å². The maximum absolute atomic E-state index is 12.7. The lowest BCUT2D eigenvalue weighted by atomic mass is 10.3. The van der Waals surface area contributed by atoms with Crippen LogP contribution in [0.25, 0.3) is 0 Å². The predicted octanol–water partition coefficient (Wildman–Crippen LogP) is 3.85. The molecule has 2 aromatic rings. The van der Waals surface area contributed by atoms with Crippen LogP contribution in [0.4, 0.5) is 4.39 Å². The van der Waals surface area contributed by atoms with Crippen molar-refractivity contribution >= 4 is 17.6 Å². The van der Waals surface area contributed by atoms with Crippen molar-refractivity contribution in [2.45, 2.75) is 13.0 Å². The average Bonchev–Trinajstić information content (AvgIpc) is 2.44. The average molecular weight is 295 g/mol. The van der Waals surface area contributed by atoms with Crippen LogP contribution in [0.5, 0.6) is 11.5 Å². The van der Waals surface area contributed by atoms with Crippen LogP contribution in [0.1, 0.15) is 6.92 Å². The van der Waals surface area contributed by atoms with Gasteiger partial charge in [-0.05, 0) is 55.5 Å². The largest absolute Gasteiger partial charge is 0.479 e. The SMILES string of the molecule is CC(Oc1ccc(F)cc1)C(=O)Oc1ccc(Cl)cc1. The van der Waals surface area contributed by atoms with Gasteiger partial charge in [0.05, 0.1) is 0 Å². The van der Waals surface area contributed by atoms with Crippen molar-refractivity contribution in [1.82, 2.24) is 0 Å². The molecule has 2 rings (SSSR count). The van der Waals surface area contributed by atoms with Crippen LogP contribution in [-0.4, -0.2) is 12.1 Å². The zero-order valence-electron chi connectivity index (χ0n) is 10.7. The Bertz CT molecular complexity index is 581. The zero-order valence-corrected chi connectivity index (χ0v) is 11.4. The minimum atomic E-state index is -0.809. The van der Waals surface area contributed by atoms with Gasteiger partial charge in [-0.25, -0.2) is 9.18 Å². The molecule has 1 atom stereocenters. The number of benzene rings is 2. The van der Waals surface area contributed by atoms with Crippen LogP contribution in [-0.2, 0) is 4.79 Å². The summed E-state index contributed by atoms with van der Waals surface area (Å²) in [5, 5.41) is 0.556. The predicted molar refractivity (Wildman–Crippen MR) is 73.6 cm³/mol. The van der Waals surface area contributed by atoms with Gasteiger partial charge in [0, 0.05) is 5.02 Å². The molecule has 0 N–H and O–H groups in total. The molecule has 3 nitrogen and oxygen atoms in total. The zero-order chi connectivity index (χ0) is 14.5. The van der Waals surface area contributed by atoms with Crippen molar-refractivity contribution in [3.63, 3.8) is 0 Å². The van der Waals surface area contributed by atoms with E-state index in [0.29, 0.717) is 16.5 Å². The van der Waals surface area contributed by atoms with Crippen LogP contribution in [0.2, 0.25) is 5.02 Å². The normalized spacial score (nSPS) is 11.8. The first kappa shape index (κ1) is 14.3. The summed E-state index contributed by atoms with van der Waals surface area (Å²) in [4.78, 5) is 11.8. The molecule has 0 amide bonds. The fourth-order valence-electron chi connectivity index (χ4n) is 1.47. The highest BCUT2D eigenvalue weighted by atomic mass is 35.5. The number of rotatable bonds is 4. The summed E-state index contributed by atoms with van der Waals surface area (Å²) in [6.45, 7) is 1.56. The number of esters is 1. The van der Waals surface area contributed by atoms with Crippen molar-refractivity contribution in [3.05, 3.63) is 59.4 Å². The van der Waals surface area contributed by atoms with Gasteiger partial charge in [-0.3, -0.25) is 0 Å². The molecule has 0 aliphatic rings. The molecule has 1 unspecified atom stereocenters. The molecule has 5 heteroatoms. The summed E-state index contributed by atoms with van der Waals surface area (Å²) in [5.41, 5.74) is 0. The monoisotopic (exact) mass is 294 g/mol. The second kappa shape index (κ2) is 6.39. The highest BCUT2D eigenvalue weighted by Crippen LogP contribution is 2.17. The number of carbonyl (C=O) groups excluding carboxylic acids is 1. The summed E-state index contributed by atoms with van der Waals surface area (Å²) in [6, 6.07) is 11.8. The van der Waals surface area contributed by atoms with Crippen molar-refractivity contribution in [1.29, 1.82) is 0 Å². The molecule has 0 fully saturated rings. The minimum absolute atomic E-state index is 0.367. The van der Waals surface area contributed by atoms with Gasteiger partial charge < -0.3 is 9.47 Å². The van der Waals surface area contributed by atoms with Crippen LogP contribution in [0.3, 0.4) is 0 Å². The van der Waals surface area contributed by atoms with Crippen molar-refractivity contribution in [3.8, 4) is 11.5 Å². The first-order chi connectivity index (χ1) is 9.54. The smallest absolute Gasteiger partial charge is 0.352 e. The fraction of sp³-hybridized carbons (Fsp3) is 0.133. The van der Waals surface area contributed by atoms with E-state index in [1.54, 1.807) is 31.2 Å². The number of carbonyl (C=O) groups is 1. The highest BCUT2D eigenvalue weighted by Gasteiger charge is 2.17.